The first kappa shape index (κ1) is 13.6. The Morgan fingerprint density at radius 3 is 2.71 bits per heavy atom. The predicted molar refractivity (Wildman–Crippen MR) is 67.0 cm³/mol. The monoisotopic (exact) mass is 236 g/mol. The fourth-order valence-corrected chi connectivity index (χ4v) is 1.70. The number of aromatic carboxylic acids is 1. The van der Waals surface area contributed by atoms with Crippen molar-refractivity contribution in [1.82, 2.24) is 9.88 Å². The summed E-state index contributed by atoms with van der Waals surface area (Å²) in [6.45, 7) is 8.10. The second-order valence-corrected chi connectivity index (χ2v) is 4.38. The summed E-state index contributed by atoms with van der Waals surface area (Å²) >= 11 is 0. The Labute approximate surface area is 102 Å². The summed E-state index contributed by atoms with van der Waals surface area (Å²) in [4.78, 5) is 17.2. The molecule has 0 bridgehead atoms. The van der Waals surface area contributed by atoms with Crippen LogP contribution in [0.1, 0.15) is 43.4 Å². The Balaban J connectivity index is 2.78. The molecule has 0 spiro atoms. The van der Waals surface area contributed by atoms with Crippen LogP contribution in [0.2, 0.25) is 0 Å². The van der Waals surface area contributed by atoms with Crippen molar-refractivity contribution >= 4 is 5.97 Å². The van der Waals surface area contributed by atoms with E-state index in [2.05, 4.69) is 30.7 Å². The van der Waals surface area contributed by atoms with Gasteiger partial charge in [-0.25, -0.2) is 9.78 Å². The maximum absolute atomic E-state index is 10.8. The van der Waals surface area contributed by atoms with E-state index in [4.69, 9.17) is 5.11 Å². The van der Waals surface area contributed by atoms with Gasteiger partial charge in [-0.1, -0.05) is 13.0 Å². The van der Waals surface area contributed by atoms with Crippen LogP contribution in [0.4, 0.5) is 0 Å². The Kier molecular flexibility index (Phi) is 5.10. The smallest absolute Gasteiger partial charge is 0.354 e. The second kappa shape index (κ2) is 6.35. The molecule has 0 saturated carbocycles. The Morgan fingerprint density at radius 2 is 2.18 bits per heavy atom. The van der Waals surface area contributed by atoms with Crippen molar-refractivity contribution in [2.24, 2.45) is 0 Å². The summed E-state index contributed by atoms with van der Waals surface area (Å²) in [5.41, 5.74) is 0.926. The Bertz CT molecular complexity index is 377. The van der Waals surface area contributed by atoms with Gasteiger partial charge in [0.25, 0.3) is 0 Å². The van der Waals surface area contributed by atoms with Gasteiger partial charge in [-0.15, -0.1) is 0 Å². The summed E-state index contributed by atoms with van der Waals surface area (Å²) in [6, 6.07) is 5.57. The molecule has 0 unspecified atom stereocenters. The van der Waals surface area contributed by atoms with Gasteiger partial charge in [0, 0.05) is 12.6 Å². The molecule has 0 radical (unpaired) electrons. The lowest BCUT2D eigenvalue weighted by Gasteiger charge is -2.25. The van der Waals surface area contributed by atoms with E-state index >= 15 is 0 Å². The van der Waals surface area contributed by atoms with E-state index in [0.29, 0.717) is 12.6 Å². The van der Waals surface area contributed by atoms with E-state index in [0.717, 1.165) is 18.7 Å². The second-order valence-electron chi connectivity index (χ2n) is 4.38. The van der Waals surface area contributed by atoms with Crippen LogP contribution in [0.3, 0.4) is 0 Å². The number of nitrogens with zero attached hydrogens (tertiary/aromatic N) is 2. The largest absolute Gasteiger partial charge is 0.477 e. The SMILES string of the molecule is CCCN(Cc1cccc(C(=O)O)n1)C(C)C. The summed E-state index contributed by atoms with van der Waals surface area (Å²) in [5.74, 6) is -0.974. The highest BCUT2D eigenvalue weighted by Gasteiger charge is 2.11. The molecule has 0 aromatic carbocycles. The summed E-state index contributed by atoms with van der Waals surface area (Å²) in [7, 11) is 0. The Hall–Kier alpha value is -1.42. The van der Waals surface area contributed by atoms with Gasteiger partial charge < -0.3 is 5.11 Å². The predicted octanol–water partition coefficient (Wildman–Crippen LogP) is 2.40. The van der Waals surface area contributed by atoms with Crippen LogP contribution in [0.5, 0.6) is 0 Å². The van der Waals surface area contributed by atoms with Gasteiger partial charge in [0.1, 0.15) is 5.69 Å². The minimum absolute atomic E-state index is 0.114. The maximum atomic E-state index is 10.8. The third kappa shape index (κ3) is 4.15. The summed E-state index contributed by atoms with van der Waals surface area (Å²) in [6.07, 6.45) is 1.08. The molecular formula is C13H20N2O2. The Morgan fingerprint density at radius 1 is 1.47 bits per heavy atom. The zero-order chi connectivity index (χ0) is 12.8. The van der Waals surface area contributed by atoms with Crippen molar-refractivity contribution in [1.29, 1.82) is 0 Å². The first-order valence-electron chi connectivity index (χ1n) is 5.97. The number of carboxylic acid groups (broad SMARTS) is 1. The van der Waals surface area contributed by atoms with Crippen LogP contribution >= 0.6 is 0 Å². The van der Waals surface area contributed by atoms with Crippen LogP contribution in [-0.2, 0) is 6.54 Å². The van der Waals surface area contributed by atoms with Gasteiger partial charge in [-0.05, 0) is 38.9 Å². The number of hydrogen-bond acceptors (Lipinski definition) is 3. The van der Waals surface area contributed by atoms with Crippen molar-refractivity contribution in [3.8, 4) is 0 Å². The molecule has 1 aromatic heterocycles. The fourth-order valence-electron chi connectivity index (χ4n) is 1.70. The van der Waals surface area contributed by atoms with Crippen LogP contribution in [0.25, 0.3) is 0 Å². The molecule has 0 aliphatic rings. The van der Waals surface area contributed by atoms with Crippen LogP contribution in [-0.4, -0.2) is 33.5 Å². The molecule has 1 heterocycles. The molecule has 0 aliphatic heterocycles. The van der Waals surface area contributed by atoms with Gasteiger partial charge in [0.05, 0.1) is 5.69 Å². The van der Waals surface area contributed by atoms with Gasteiger partial charge in [0.15, 0.2) is 0 Å². The zero-order valence-electron chi connectivity index (χ0n) is 10.7. The normalized spacial score (nSPS) is 11.1. The average Bonchev–Trinajstić information content (AvgIpc) is 2.28. The van der Waals surface area contributed by atoms with Gasteiger partial charge in [-0.2, -0.15) is 0 Å². The number of carbonyl (C=O) groups is 1. The minimum Gasteiger partial charge on any atom is -0.477 e. The lowest BCUT2D eigenvalue weighted by Crippen LogP contribution is -2.31. The molecule has 1 aromatic rings. The molecule has 17 heavy (non-hydrogen) atoms. The molecule has 4 heteroatoms. The van der Waals surface area contributed by atoms with E-state index in [1.807, 2.05) is 6.07 Å². The third-order valence-electron chi connectivity index (χ3n) is 2.63. The van der Waals surface area contributed by atoms with Crippen molar-refractivity contribution in [2.45, 2.75) is 39.8 Å². The number of hydrogen-bond donors (Lipinski definition) is 1. The zero-order valence-corrected chi connectivity index (χ0v) is 10.7. The van der Waals surface area contributed by atoms with Gasteiger partial charge in [0.2, 0.25) is 0 Å². The molecule has 4 nitrogen and oxygen atoms in total. The molecule has 0 saturated heterocycles. The van der Waals surface area contributed by atoms with Crippen LogP contribution < -0.4 is 0 Å². The highest BCUT2D eigenvalue weighted by molar-refractivity contribution is 5.85. The van der Waals surface area contributed by atoms with E-state index in [1.54, 1.807) is 6.07 Å². The van der Waals surface area contributed by atoms with Crippen molar-refractivity contribution in [3.63, 3.8) is 0 Å². The quantitative estimate of drug-likeness (QED) is 0.824. The summed E-state index contributed by atoms with van der Waals surface area (Å²) in [5, 5.41) is 8.88. The average molecular weight is 236 g/mol. The number of rotatable bonds is 6. The van der Waals surface area contributed by atoms with E-state index < -0.39 is 5.97 Å². The topological polar surface area (TPSA) is 53.4 Å². The van der Waals surface area contributed by atoms with Crippen molar-refractivity contribution in [2.75, 3.05) is 6.54 Å². The highest BCUT2D eigenvalue weighted by atomic mass is 16.4. The first-order valence-corrected chi connectivity index (χ1v) is 5.97. The lowest BCUT2D eigenvalue weighted by molar-refractivity contribution is 0.0690. The number of pyridine rings is 1. The maximum Gasteiger partial charge on any atom is 0.354 e. The first-order chi connectivity index (χ1) is 8.04. The molecule has 1 N–H and O–H groups in total. The fraction of sp³-hybridized carbons (Fsp3) is 0.538. The minimum atomic E-state index is -0.974. The standard InChI is InChI=1S/C13H20N2O2/c1-4-8-15(10(2)3)9-11-6-5-7-12(14-11)13(16)17/h5-7,10H,4,8-9H2,1-3H3,(H,16,17). The molecule has 0 amide bonds. The molecule has 0 aliphatic carbocycles. The van der Waals surface area contributed by atoms with Crippen LogP contribution in [0, 0.1) is 0 Å². The van der Waals surface area contributed by atoms with E-state index in [9.17, 15) is 4.79 Å². The van der Waals surface area contributed by atoms with Crippen LogP contribution in [0.15, 0.2) is 18.2 Å². The molecule has 94 valence electrons. The third-order valence-corrected chi connectivity index (χ3v) is 2.63. The van der Waals surface area contributed by atoms with Crippen molar-refractivity contribution < 1.29 is 9.90 Å². The molecule has 0 fully saturated rings. The molecular weight excluding hydrogens is 216 g/mol. The number of carboxylic acids is 1. The van der Waals surface area contributed by atoms with Crippen molar-refractivity contribution in [3.05, 3.63) is 29.6 Å². The molecule has 0 atom stereocenters. The number of aromatic nitrogens is 1. The summed E-state index contributed by atoms with van der Waals surface area (Å²) < 4.78 is 0. The van der Waals surface area contributed by atoms with E-state index in [-0.39, 0.29) is 5.69 Å². The van der Waals surface area contributed by atoms with E-state index in [1.165, 1.54) is 6.07 Å². The highest BCUT2D eigenvalue weighted by Crippen LogP contribution is 2.08. The molecule has 1 rings (SSSR count). The van der Waals surface area contributed by atoms with Gasteiger partial charge in [-0.3, -0.25) is 4.90 Å². The lowest BCUT2D eigenvalue weighted by atomic mass is 10.2. The van der Waals surface area contributed by atoms with Gasteiger partial charge >= 0.3 is 5.97 Å².